The van der Waals surface area contributed by atoms with Gasteiger partial charge in [0, 0.05) is 23.7 Å². The number of amides is 1. The molecule has 8 heteroatoms. The fraction of sp³-hybridized carbons (Fsp3) is 0.562. The standard InChI is InChI=1S/C16H20F2N2O3.ClH/c1-22-13-5-2-9(6-14(13)23-16(17)18)15(21)20-12-7-10-3-4-11(8-12)19-10;/h2,5-6,10-12,16,19H,3-4,7-8H2,1H3,(H,20,21);1H. The van der Waals surface area contributed by atoms with Gasteiger partial charge in [-0.05, 0) is 43.9 Å². The topological polar surface area (TPSA) is 59.6 Å². The maximum atomic E-state index is 12.5. The van der Waals surface area contributed by atoms with Crippen molar-refractivity contribution in [1.82, 2.24) is 10.6 Å². The fourth-order valence-electron chi connectivity index (χ4n) is 3.45. The minimum absolute atomic E-state index is 0. The summed E-state index contributed by atoms with van der Waals surface area (Å²) in [5.74, 6) is -0.250. The lowest BCUT2D eigenvalue weighted by Crippen LogP contribution is -2.48. The smallest absolute Gasteiger partial charge is 0.387 e. The SMILES string of the molecule is COc1ccc(C(=O)NC2CC3CCC(C2)N3)cc1OC(F)F.Cl. The van der Waals surface area contributed by atoms with E-state index in [-0.39, 0.29) is 41.4 Å². The van der Waals surface area contributed by atoms with Crippen LogP contribution in [0.25, 0.3) is 0 Å². The average Bonchev–Trinajstić information content (AvgIpc) is 2.85. The van der Waals surface area contributed by atoms with Gasteiger partial charge in [-0.25, -0.2) is 0 Å². The Kier molecular flexibility index (Phi) is 6.23. The molecule has 2 aliphatic rings. The van der Waals surface area contributed by atoms with Crippen LogP contribution in [0.4, 0.5) is 8.78 Å². The van der Waals surface area contributed by atoms with Crippen molar-refractivity contribution in [2.45, 2.75) is 50.4 Å². The second kappa shape index (κ2) is 7.98. The zero-order valence-electron chi connectivity index (χ0n) is 13.3. The van der Waals surface area contributed by atoms with Gasteiger partial charge in [0.1, 0.15) is 0 Å². The van der Waals surface area contributed by atoms with Crippen LogP contribution >= 0.6 is 12.4 Å². The highest BCUT2D eigenvalue weighted by Gasteiger charge is 2.34. The third-order valence-corrected chi connectivity index (χ3v) is 4.45. The van der Waals surface area contributed by atoms with Gasteiger partial charge < -0.3 is 20.1 Å². The summed E-state index contributed by atoms with van der Waals surface area (Å²) < 4.78 is 34.3. The Labute approximate surface area is 145 Å². The summed E-state index contributed by atoms with van der Waals surface area (Å²) >= 11 is 0. The molecule has 2 saturated heterocycles. The Bertz CT molecular complexity index is 576. The van der Waals surface area contributed by atoms with Gasteiger partial charge >= 0.3 is 6.61 Å². The number of benzene rings is 1. The molecule has 2 bridgehead atoms. The van der Waals surface area contributed by atoms with Gasteiger partial charge in [0.05, 0.1) is 7.11 Å². The number of alkyl halides is 2. The molecule has 3 rings (SSSR count). The second-order valence-corrected chi connectivity index (χ2v) is 6.02. The van der Waals surface area contributed by atoms with Crippen LogP contribution in [0.15, 0.2) is 18.2 Å². The minimum Gasteiger partial charge on any atom is -0.493 e. The highest BCUT2D eigenvalue weighted by atomic mass is 35.5. The molecule has 2 atom stereocenters. The number of piperidine rings is 1. The summed E-state index contributed by atoms with van der Waals surface area (Å²) in [5.41, 5.74) is 0.285. The Morgan fingerprint density at radius 1 is 1.25 bits per heavy atom. The normalized spacial score (nSPS) is 25.1. The first-order valence-electron chi connectivity index (χ1n) is 7.75. The summed E-state index contributed by atoms with van der Waals surface area (Å²) in [6, 6.07) is 5.33. The third kappa shape index (κ3) is 4.27. The molecular formula is C16H21ClF2N2O3. The maximum Gasteiger partial charge on any atom is 0.387 e. The molecule has 0 aliphatic carbocycles. The number of nitrogens with one attached hydrogen (secondary N) is 2. The first kappa shape index (κ1) is 18.7. The van der Waals surface area contributed by atoms with Gasteiger partial charge in [0.2, 0.25) is 0 Å². The number of methoxy groups -OCH3 is 1. The summed E-state index contributed by atoms with van der Waals surface area (Å²) in [6.07, 6.45) is 4.09. The van der Waals surface area contributed by atoms with E-state index in [0.29, 0.717) is 12.1 Å². The summed E-state index contributed by atoms with van der Waals surface area (Å²) in [6.45, 7) is -2.97. The van der Waals surface area contributed by atoms with Gasteiger partial charge in [-0.2, -0.15) is 8.78 Å². The molecule has 2 aliphatic heterocycles. The quantitative estimate of drug-likeness (QED) is 0.845. The predicted octanol–water partition coefficient (Wildman–Crippen LogP) is 2.73. The van der Waals surface area contributed by atoms with Crippen molar-refractivity contribution in [2.75, 3.05) is 7.11 Å². The number of fused-ring (bicyclic) bond motifs is 2. The van der Waals surface area contributed by atoms with Crippen LogP contribution in [0.1, 0.15) is 36.0 Å². The van der Waals surface area contributed by atoms with Crippen molar-refractivity contribution in [1.29, 1.82) is 0 Å². The van der Waals surface area contributed by atoms with Crippen molar-refractivity contribution in [3.63, 3.8) is 0 Å². The minimum atomic E-state index is -2.97. The zero-order chi connectivity index (χ0) is 16.4. The number of hydrogen-bond donors (Lipinski definition) is 2. The molecule has 1 amide bonds. The van der Waals surface area contributed by atoms with Gasteiger partial charge in [0.25, 0.3) is 5.91 Å². The number of ether oxygens (including phenoxy) is 2. The van der Waals surface area contributed by atoms with Crippen LogP contribution in [-0.4, -0.2) is 37.8 Å². The van der Waals surface area contributed by atoms with Crippen molar-refractivity contribution < 1.29 is 23.0 Å². The van der Waals surface area contributed by atoms with Crippen molar-refractivity contribution in [2.24, 2.45) is 0 Å². The fourth-order valence-corrected chi connectivity index (χ4v) is 3.45. The van der Waals surface area contributed by atoms with E-state index < -0.39 is 6.61 Å². The summed E-state index contributed by atoms with van der Waals surface area (Å²) in [7, 11) is 1.36. The molecule has 2 fully saturated rings. The van der Waals surface area contributed by atoms with Gasteiger partial charge in [-0.3, -0.25) is 4.79 Å². The van der Waals surface area contributed by atoms with Gasteiger partial charge in [-0.15, -0.1) is 12.4 Å². The molecule has 5 nitrogen and oxygen atoms in total. The molecule has 0 spiro atoms. The molecule has 0 radical (unpaired) electrons. The predicted molar refractivity (Wildman–Crippen MR) is 87.3 cm³/mol. The highest BCUT2D eigenvalue weighted by molar-refractivity contribution is 5.95. The Hall–Kier alpha value is -1.60. The lowest BCUT2D eigenvalue weighted by molar-refractivity contribution is -0.0512. The molecular weight excluding hydrogens is 342 g/mol. The van der Waals surface area contributed by atoms with Crippen LogP contribution in [-0.2, 0) is 0 Å². The van der Waals surface area contributed by atoms with E-state index in [1.165, 1.54) is 19.2 Å². The van der Waals surface area contributed by atoms with Crippen LogP contribution in [0.5, 0.6) is 11.5 Å². The second-order valence-electron chi connectivity index (χ2n) is 6.02. The molecule has 24 heavy (non-hydrogen) atoms. The van der Waals surface area contributed by atoms with Gasteiger partial charge in [0.15, 0.2) is 11.5 Å². The van der Waals surface area contributed by atoms with Crippen molar-refractivity contribution >= 4 is 18.3 Å². The molecule has 0 saturated carbocycles. The molecule has 1 aromatic carbocycles. The Balaban J connectivity index is 0.00000208. The molecule has 2 unspecified atom stereocenters. The van der Waals surface area contributed by atoms with Crippen molar-refractivity contribution in [3.8, 4) is 11.5 Å². The monoisotopic (exact) mass is 362 g/mol. The van der Waals surface area contributed by atoms with Gasteiger partial charge in [-0.1, -0.05) is 0 Å². The molecule has 134 valence electrons. The first-order valence-corrected chi connectivity index (χ1v) is 7.75. The number of carbonyl (C=O) groups is 1. The van der Waals surface area contributed by atoms with E-state index in [1.54, 1.807) is 6.07 Å². The van der Waals surface area contributed by atoms with Crippen LogP contribution in [0.3, 0.4) is 0 Å². The van der Waals surface area contributed by atoms with Crippen LogP contribution in [0.2, 0.25) is 0 Å². The number of halogens is 3. The molecule has 2 heterocycles. The number of carbonyl (C=O) groups excluding carboxylic acids is 1. The molecule has 0 aromatic heterocycles. The van der Waals surface area contributed by atoms with E-state index in [4.69, 9.17) is 4.74 Å². The van der Waals surface area contributed by atoms with E-state index in [2.05, 4.69) is 15.4 Å². The highest BCUT2D eigenvalue weighted by Crippen LogP contribution is 2.30. The first-order chi connectivity index (χ1) is 11.0. The lowest BCUT2D eigenvalue weighted by Gasteiger charge is -2.29. The number of hydrogen-bond acceptors (Lipinski definition) is 4. The van der Waals surface area contributed by atoms with Crippen LogP contribution < -0.4 is 20.1 Å². The average molecular weight is 363 g/mol. The largest absolute Gasteiger partial charge is 0.493 e. The molecule has 1 aromatic rings. The lowest BCUT2D eigenvalue weighted by atomic mass is 9.99. The third-order valence-electron chi connectivity index (χ3n) is 4.45. The Morgan fingerprint density at radius 2 is 1.92 bits per heavy atom. The summed E-state index contributed by atoms with van der Waals surface area (Å²) in [5, 5.41) is 6.50. The van der Waals surface area contributed by atoms with Crippen LogP contribution in [0, 0.1) is 0 Å². The zero-order valence-corrected chi connectivity index (χ0v) is 14.1. The Morgan fingerprint density at radius 3 is 2.50 bits per heavy atom. The van der Waals surface area contributed by atoms with Crippen molar-refractivity contribution in [3.05, 3.63) is 23.8 Å². The van der Waals surface area contributed by atoms with E-state index in [0.717, 1.165) is 25.7 Å². The van der Waals surface area contributed by atoms with E-state index >= 15 is 0 Å². The summed E-state index contributed by atoms with van der Waals surface area (Å²) in [4.78, 5) is 12.4. The molecule has 2 N–H and O–H groups in total. The maximum absolute atomic E-state index is 12.5. The van der Waals surface area contributed by atoms with E-state index in [9.17, 15) is 13.6 Å². The van der Waals surface area contributed by atoms with E-state index in [1.807, 2.05) is 0 Å². The number of rotatable bonds is 5.